The first-order chi connectivity index (χ1) is 11.6. The SMILES string of the molecule is Cc1ccc([C@H](CNC(=O)c2ccc(=O)[nH]n2)N2CCOCC2)o1. The van der Waals surface area contributed by atoms with Gasteiger partial charge in [0.1, 0.15) is 17.2 Å². The molecule has 1 amide bonds. The predicted octanol–water partition coefficient (Wildman–Crippen LogP) is 0.475. The van der Waals surface area contributed by atoms with Gasteiger partial charge in [-0.15, -0.1) is 0 Å². The zero-order valence-electron chi connectivity index (χ0n) is 13.4. The minimum atomic E-state index is -0.344. The number of furan rings is 1. The summed E-state index contributed by atoms with van der Waals surface area (Å²) >= 11 is 0. The molecule has 1 aliphatic rings. The Morgan fingerprint density at radius 2 is 2.12 bits per heavy atom. The van der Waals surface area contributed by atoms with Crippen LogP contribution in [0.15, 0.2) is 33.5 Å². The van der Waals surface area contributed by atoms with Crippen LogP contribution in [0.3, 0.4) is 0 Å². The summed E-state index contributed by atoms with van der Waals surface area (Å²) in [4.78, 5) is 25.5. The number of H-pyrrole nitrogens is 1. The van der Waals surface area contributed by atoms with E-state index in [0.29, 0.717) is 19.8 Å². The highest BCUT2D eigenvalue weighted by Crippen LogP contribution is 2.23. The summed E-state index contributed by atoms with van der Waals surface area (Å²) in [7, 11) is 0. The molecule has 0 spiro atoms. The molecule has 24 heavy (non-hydrogen) atoms. The van der Waals surface area contributed by atoms with Crippen LogP contribution in [-0.4, -0.2) is 53.9 Å². The molecule has 0 unspecified atom stereocenters. The van der Waals surface area contributed by atoms with Crippen molar-refractivity contribution in [3.63, 3.8) is 0 Å². The van der Waals surface area contributed by atoms with E-state index < -0.39 is 0 Å². The fraction of sp³-hybridized carbons (Fsp3) is 0.438. The second-order valence-corrected chi connectivity index (χ2v) is 5.63. The molecule has 2 N–H and O–H groups in total. The fourth-order valence-corrected chi connectivity index (χ4v) is 2.68. The van der Waals surface area contributed by atoms with E-state index in [9.17, 15) is 9.59 Å². The number of aromatic amines is 1. The topological polar surface area (TPSA) is 100 Å². The molecule has 2 aromatic heterocycles. The maximum atomic E-state index is 12.2. The number of amides is 1. The van der Waals surface area contributed by atoms with E-state index in [-0.39, 0.29) is 23.2 Å². The quantitative estimate of drug-likeness (QED) is 0.826. The van der Waals surface area contributed by atoms with Gasteiger partial charge in [0.2, 0.25) is 0 Å². The van der Waals surface area contributed by atoms with Gasteiger partial charge in [0.05, 0.1) is 19.3 Å². The number of carbonyl (C=O) groups excluding carboxylic acids is 1. The number of hydrogen-bond donors (Lipinski definition) is 2. The molecule has 0 saturated carbocycles. The van der Waals surface area contributed by atoms with Gasteiger partial charge in [-0.25, -0.2) is 5.10 Å². The van der Waals surface area contributed by atoms with E-state index in [1.165, 1.54) is 12.1 Å². The van der Waals surface area contributed by atoms with Crippen molar-refractivity contribution in [1.29, 1.82) is 0 Å². The Bertz CT molecular complexity index is 728. The third kappa shape index (κ3) is 3.90. The van der Waals surface area contributed by atoms with Gasteiger partial charge in [0.15, 0.2) is 0 Å². The molecule has 0 aromatic carbocycles. The first kappa shape index (κ1) is 16.4. The molecule has 0 bridgehead atoms. The summed E-state index contributed by atoms with van der Waals surface area (Å²) < 4.78 is 11.1. The Hall–Kier alpha value is -2.45. The van der Waals surface area contributed by atoms with Gasteiger partial charge >= 0.3 is 0 Å². The molecule has 0 radical (unpaired) electrons. The van der Waals surface area contributed by atoms with Crippen LogP contribution in [-0.2, 0) is 4.74 Å². The lowest BCUT2D eigenvalue weighted by Gasteiger charge is -2.33. The largest absolute Gasteiger partial charge is 0.465 e. The standard InChI is InChI=1S/C16H20N4O4/c1-11-2-4-14(24-11)13(20-6-8-23-9-7-20)10-17-16(22)12-3-5-15(21)19-18-12/h2-5,13H,6-10H2,1H3,(H,17,22)(H,19,21)/t13-/m0/s1. The summed E-state index contributed by atoms with van der Waals surface area (Å²) in [5.74, 6) is 1.30. The van der Waals surface area contributed by atoms with Crippen molar-refractivity contribution >= 4 is 5.91 Å². The fourth-order valence-electron chi connectivity index (χ4n) is 2.68. The summed E-state index contributed by atoms with van der Waals surface area (Å²) in [5, 5.41) is 8.85. The van der Waals surface area contributed by atoms with Crippen molar-refractivity contribution in [2.24, 2.45) is 0 Å². The van der Waals surface area contributed by atoms with Crippen molar-refractivity contribution < 1.29 is 13.9 Å². The van der Waals surface area contributed by atoms with Crippen LogP contribution in [0.4, 0.5) is 0 Å². The Kier molecular flexibility index (Phi) is 5.07. The molecule has 8 heteroatoms. The minimum Gasteiger partial charge on any atom is -0.465 e. The number of aryl methyl sites for hydroxylation is 1. The molecule has 1 aliphatic heterocycles. The van der Waals surface area contributed by atoms with Gasteiger partial charge in [-0.3, -0.25) is 14.5 Å². The summed E-state index contributed by atoms with van der Waals surface area (Å²) in [5.41, 5.74) is -0.172. The van der Waals surface area contributed by atoms with Gasteiger partial charge < -0.3 is 14.5 Å². The van der Waals surface area contributed by atoms with Gasteiger partial charge in [0.25, 0.3) is 11.5 Å². The zero-order chi connectivity index (χ0) is 16.9. The predicted molar refractivity (Wildman–Crippen MR) is 85.8 cm³/mol. The van der Waals surface area contributed by atoms with Gasteiger partial charge in [-0.1, -0.05) is 0 Å². The number of aromatic nitrogens is 2. The highest BCUT2D eigenvalue weighted by molar-refractivity contribution is 5.91. The Morgan fingerprint density at radius 3 is 2.75 bits per heavy atom. The number of morpholine rings is 1. The molecule has 8 nitrogen and oxygen atoms in total. The van der Waals surface area contributed by atoms with E-state index in [1.807, 2.05) is 19.1 Å². The number of nitrogens with zero attached hydrogens (tertiary/aromatic N) is 2. The average molecular weight is 332 g/mol. The number of nitrogens with one attached hydrogen (secondary N) is 2. The van der Waals surface area contributed by atoms with Crippen molar-refractivity contribution in [1.82, 2.24) is 20.4 Å². The Morgan fingerprint density at radius 1 is 1.33 bits per heavy atom. The van der Waals surface area contributed by atoms with E-state index in [1.54, 1.807) is 0 Å². The number of carbonyl (C=O) groups is 1. The average Bonchev–Trinajstić information content (AvgIpc) is 3.02. The molecule has 0 aliphatic carbocycles. The molecule has 1 atom stereocenters. The van der Waals surface area contributed by atoms with E-state index in [2.05, 4.69) is 20.4 Å². The maximum Gasteiger partial charge on any atom is 0.271 e. The van der Waals surface area contributed by atoms with E-state index in [4.69, 9.17) is 9.15 Å². The van der Waals surface area contributed by atoms with Crippen molar-refractivity contribution in [2.75, 3.05) is 32.8 Å². The van der Waals surface area contributed by atoms with Crippen molar-refractivity contribution in [3.05, 3.63) is 51.8 Å². The first-order valence-electron chi connectivity index (χ1n) is 7.85. The Labute approximate surface area is 138 Å². The smallest absolute Gasteiger partial charge is 0.271 e. The van der Waals surface area contributed by atoms with Crippen LogP contribution in [0.1, 0.15) is 28.1 Å². The van der Waals surface area contributed by atoms with Crippen LogP contribution < -0.4 is 10.9 Å². The molecule has 128 valence electrons. The van der Waals surface area contributed by atoms with Crippen LogP contribution in [0.5, 0.6) is 0 Å². The summed E-state index contributed by atoms with van der Waals surface area (Å²) in [6, 6.07) is 6.44. The lowest BCUT2D eigenvalue weighted by atomic mass is 10.1. The third-order valence-corrected chi connectivity index (χ3v) is 3.94. The summed E-state index contributed by atoms with van der Waals surface area (Å²) in [6.07, 6.45) is 0. The molecule has 2 aromatic rings. The number of ether oxygens (including phenoxy) is 1. The van der Waals surface area contributed by atoms with E-state index >= 15 is 0 Å². The molecule has 1 fully saturated rings. The van der Waals surface area contributed by atoms with Crippen molar-refractivity contribution in [2.45, 2.75) is 13.0 Å². The van der Waals surface area contributed by atoms with Crippen LogP contribution in [0, 0.1) is 6.92 Å². The molecule has 1 saturated heterocycles. The highest BCUT2D eigenvalue weighted by Gasteiger charge is 2.26. The van der Waals surface area contributed by atoms with Crippen LogP contribution in [0.2, 0.25) is 0 Å². The van der Waals surface area contributed by atoms with Gasteiger partial charge in [-0.2, -0.15) is 5.10 Å². The highest BCUT2D eigenvalue weighted by atomic mass is 16.5. The molecular weight excluding hydrogens is 312 g/mol. The zero-order valence-corrected chi connectivity index (χ0v) is 13.4. The lowest BCUT2D eigenvalue weighted by Crippen LogP contribution is -2.43. The van der Waals surface area contributed by atoms with Crippen LogP contribution in [0.25, 0.3) is 0 Å². The second-order valence-electron chi connectivity index (χ2n) is 5.63. The normalized spacial score (nSPS) is 16.7. The minimum absolute atomic E-state index is 0.0747. The van der Waals surface area contributed by atoms with Gasteiger partial charge in [-0.05, 0) is 25.1 Å². The Balaban J connectivity index is 1.70. The van der Waals surface area contributed by atoms with Crippen molar-refractivity contribution in [3.8, 4) is 0 Å². The lowest BCUT2D eigenvalue weighted by molar-refractivity contribution is 0.0116. The van der Waals surface area contributed by atoms with Crippen LogP contribution >= 0.6 is 0 Å². The van der Waals surface area contributed by atoms with E-state index in [0.717, 1.165) is 24.6 Å². The van der Waals surface area contributed by atoms with Gasteiger partial charge in [0, 0.05) is 25.7 Å². The maximum absolute atomic E-state index is 12.2. The third-order valence-electron chi connectivity index (χ3n) is 3.94. The number of hydrogen-bond acceptors (Lipinski definition) is 6. The molecular formula is C16H20N4O4. The molecule has 3 heterocycles. The summed E-state index contributed by atoms with van der Waals surface area (Å²) in [6.45, 7) is 5.14. The second kappa shape index (κ2) is 7.41. The number of rotatable bonds is 5. The first-order valence-corrected chi connectivity index (χ1v) is 7.85. The molecule has 3 rings (SSSR count). The monoisotopic (exact) mass is 332 g/mol.